The standard InChI is InChI=1S/C44H86O5/c1-3-5-7-9-11-13-15-17-19-21-23-25-27-29-31-33-35-37-39-44(47)49-41-42(45)40-48-43(46)38-36-34-32-30-28-26-24-22-20-18-16-14-12-10-8-6-4-2/h42,45H,3-41H2,1-2H3/t42-/m1/s1. The Morgan fingerprint density at radius 2 is 0.531 bits per heavy atom. The summed E-state index contributed by atoms with van der Waals surface area (Å²) in [5.41, 5.74) is 0. The molecule has 0 saturated carbocycles. The van der Waals surface area contributed by atoms with E-state index in [1.54, 1.807) is 0 Å². The van der Waals surface area contributed by atoms with Crippen molar-refractivity contribution < 1.29 is 24.2 Å². The first kappa shape index (κ1) is 47.9. The van der Waals surface area contributed by atoms with Crippen LogP contribution < -0.4 is 0 Å². The molecule has 0 rings (SSSR count). The van der Waals surface area contributed by atoms with E-state index in [9.17, 15) is 14.7 Å². The van der Waals surface area contributed by atoms with Crippen LogP contribution in [0.1, 0.15) is 251 Å². The van der Waals surface area contributed by atoms with Crippen molar-refractivity contribution in [1.29, 1.82) is 0 Å². The fourth-order valence-corrected chi connectivity index (χ4v) is 6.74. The van der Waals surface area contributed by atoms with Gasteiger partial charge in [0.2, 0.25) is 0 Å². The van der Waals surface area contributed by atoms with Crippen LogP contribution in [0.25, 0.3) is 0 Å². The number of aliphatic hydroxyl groups is 1. The second kappa shape index (κ2) is 41.3. The number of hydrogen-bond acceptors (Lipinski definition) is 5. The molecule has 0 unspecified atom stereocenters. The lowest BCUT2D eigenvalue weighted by atomic mass is 10.0. The van der Waals surface area contributed by atoms with Gasteiger partial charge in [-0.25, -0.2) is 0 Å². The first-order chi connectivity index (χ1) is 24.1. The molecule has 292 valence electrons. The summed E-state index contributed by atoms with van der Waals surface area (Å²) in [6, 6.07) is 0. The first-order valence-corrected chi connectivity index (χ1v) is 22.1. The number of aliphatic hydroxyl groups excluding tert-OH is 1. The normalized spacial score (nSPS) is 12.0. The molecule has 5 nitrogen and oxygen atoms in total. The van der Waals surface area contributed by atoms with E-state index in [1.165, 1.54) is 199 Å². The Labute approximate surface area is 306 Å². The van der Waals surface area contributed by atoms with Gasteiger partial charge in [0.1, 0.15) is 19.3 Å². The Bertz CT molecular complexity index is 666. The van der Waals surface area contributed by atoms with Crippen LogP contribution in [-0.4, -0.2) is 36.4 Å². The molecule has 0 aromatic heterocycles. The Balaban J connectivity index is 3.35. The van der Waals surface area contributed by atoms with E-state index in [0.29, 0.717) is 12.8 Å². The quantitative estimate of drug-likeness (QED) is 0.0509. The van der Waals surface area contributed by atoms with Crippen molar-refractivity contribution in [1.82, 2.24) is 0 Å². The zero-order valence-corrected chi connectivity index (χ0v) is 33.2. The summed E-state index contributed by atoms with van der Waals surface area (Å²) >= 11 is 0. The number of hydrogen-bond donors (Lipinski definition) is 1. The highest BCUT2D eigenvalue weighted by molar-refractivity contribution is 5.69. The highest BCUT2D eigenvalue weighted by atomic mass is 16.6. The summed E-state index contributed by atoms with van der Waals surface area (Å²) in [4.78, 5) is 24.0. The molecule has 0 saturated heterocycles. The smallest absolute Gasteiger partial charge is 0.305 e. The molecule has 49 heavy (non-hydrogen) atoms. The van der Waals surface area contributed by atoms with Crippen LogP contribution in [0.4, 0.5) is 0 Å². The molecule has 1 atom stereocenters. The third kappa shape index (κ3) is 41.2. The van der Waals surface area contributed by atoms with E-state index in [1.807, 2.05) is 0 Å². The number of carbonyl (C=O) groups excluding carboxylic acids is 2. The molecule has 0 heterocycles. The molecule has 0 bridgehead atoms. The summed E-state index contributed by atoms with van der Waals surface area (Å²) in [5.74, 6) is -0.546. The summed E-state index contributed by atoms with van der Waals surface area (Å²) in [6.07, 6.45) is 46.0. The van der Waals surface area contributed by atoms with Gasteiger partial charge in [-0.05, 0) is 12.8 Å². The fraction of sp³-hybridized carbons (Fsp3) is 0.955. The minimum Gasteiger partial charge on any atom is -0.463 e. The van der Waals surface area contributed by atoms with E-state index in [0.717, 1.165) is 25.7 Å². The second-order valence-corrected chi connectivity index (χ2v) is 15.2. The van der Waals surface area contributed by atoms with Gasteiger partial charge in [-0.3, -0.25) is 9.59 Å². The first-order valence-electron chi connectivity index (χ1n) is 22.1. The minimum absolute atomic E-state index is 0.107. The Kier molecular flexibility index (Phi) is 40.4. The predicted octanol–water partition coefficient (Wildman–Crippen LogP) is 13.9. The maximum absolute atomic E-state index is 12.0. The van der Waals surface area contributed by atoms with E-state index >= 15 is 0 Å². The molecule has 0 amide bonds. The molecular weight excluding hydrogens is 608 g/mol. The molecular formula is C44H86O5. The number of rotatable bonds is 41. The summed E-state index contributed by atoms with van der Waals surface area (Å²) in [6.45, 7) is 4.35. The van der Waals surface area contributed by atoms with Crippen molar-refractivity contribution in [3.63, 3.8) is 0 Å². The highest BCUT2D eigenvalue weighted by Crippen LogP contribution is 2.16. The lowest BCUT2D eigenvalue weighted by Gasteiger charge is -2.12. The Morgan fingerprint density at radius 3 is 0.735 bits per heavy atom. The average Bonchev–Trinajstić information content (AvgIpc) is 3.10. The topological polar surface area (TPSA) is 72.8 Å². The van der Waals surface area contributed by atoms with Gasteiger partial charge in [0, 0.05) is 12.8 Å². The molecule has 0 aromatic carbocycles. The lowest BCUT2D eigenvalue weighted by molar-refractivity contribution is -0.152. The van der Waals surface area contributed by atoms with Crippen molar-refractivity contribution in [3.05, 3.63) is 0 Å². The second-order valence-electron chi connectivity index (χ2n) is 15.2. The molecule has 0 fully saturated rings. The molecule has 0 aromatic rings. The van der Waals surface area contributed by atoms with Crippen LogP contribution in [0.15, 0.2) is 0 Å². The number of ether oxygens (including phenoxy) is 2. The molecule has 0 spiro atoms. The molecule has 1 N–H and O–H groups in total. The molecule has 0 aliphatic carbocycles. The van der Waals surface area contributed by atoms with E-state index in [2.05, 4.69) is 13.8 Å². The van der Waals surface area contributed by atoms with Crippen molar-refractivity contribution in [3.8, 4) is 0 Å². The SMILES string of the molecule is CCCCCCCCCCCCCCCCCCCCC(=O)OC[C@H](O)COC(=O)CCCCCCCCCCCCCCCCCCC. The van der Waals surface area contributed by atoms with E-state index in [-0.39, 0.29) is 25.2 Å². The number of esters is 2. The Morgan fingerprint density at radius 1 is 0.347 bits per heavy atom. The van der Waals surface area contributed by atoms with Crippen LogP contribution in [0.5, 0.6) is 0 Å². The Hall–Kier alpha value is -1.10. The van der Waals surface area contributed by atoms with Gasteiger partial charge in [-0.1, -0.05) is 226 Å². The van der Waals surface area contributed by atoms with Gasteiger partial charge >= 0.3 is 11.9 Å². The summed E-state index contributed by atoms with van der Waals surface area (Å²) in [7, 11) is 0. The zero-order chi connectivity index (χ0) is 35.7. The van der Waals surface area contributed by atoms with Crippen molar-refractivity contribution in [2.24, 2.45) is 0 Å². The van der Waals surface area contributed by atoms with Gasteiger partial charge in [0.15, 0.2) is 0 Å². The molecule has 0 aliphatic heterocycles. The third-order valence-corrected chi connectivity index (χ3v) is 10.1. The number of carbonyl (C=O) groups is 2. The van der Waals surface area contributed by atoms with Gasteiger partial charge in [-0.15, -0.1) is 0 Å². The summed E-state index contributed by atoms with van der Waals surface area (Å²) < 4.78 is 10.4. The van der Waals surface area contributed by atoms with Crippen LogP contribution in [0.3, 0.4) is 0 Å². The van der Waals surface area contributed by atoms with E-state index < -0.39 is 6.10 Å². The summed E-state index contributed by atoms with van der Waals surface area (Å²) in [5, 5.41) is 10.0. The van der Waals surface area contributed by atoms with Crippen LogP contribution >= 0.6 is 0 Å². The molecule has 0 radical (unpaired) electrons. The zero-order valence-electron chi connectivity index (χ0n) is 33.2. The van der Waals surface area contributed by atoms with Crippen LogP contribution in [0.2, 0.25) is 0 Å². The highest BCUT2D eigenvalue weighted by Gasteiger charge is 2.12. The largest absolute Gasteiger partial charge is 0.463 e. The van der Waals surface area contributed by atoms with Gasteiger partial charge in [0.05, 0.1) is 0 Å². The maximum Gasteiger partial charge on any atom is 0.305 e. The van der Waals surface area contributed by atoms with Crippen LogP contribution in [0, 0.1) is 0 Å². The number of unbranched alkanes of at least 4 members (excludes halogenated alkanes) is 33. The minimum atomic E-state index is -0.955. The van der Waals surface area contributed by atoms with Gasteiger partial charge in [-0.2, -0.15) is 0 Å². The predicted molar refractivity (Wildman–Crippen MR) is 210 cm³/mol. The third-order valence-electron chi connectivity index (χ3n) is 10.1. The fourth-order valence-electron chi connectivity index (χ4n) is 6.74. The lowest BCUT2D eigenvalue weighted by Crippen LogP contribution is -2.25. The maximum atomic E-state index is 12.0. The van der Waals surface area contributed by atoms with Gasteiger partial charge < -0.3 is 14.6 Å². The van der Waals surface area contributed by atoms with Crippen LogP contribution in [-0.2, 0) is 19.1 Å². The molecule has 5 heteroatoms. The van der Waals surface area contributed by atoms with Gasteiger partial charge in [0.25, 0.3) is 0 Å². The molecule has 0 aliphatic rings. The van der Waals surface area contributed by atoms with Crippen molar-refractivity contribution in [2.45, 2.75) is 258 Å². The average molecular weight is 695 g/mol. The van der Waals surface area contributed by atoms with E-state index in [4.69, 9.17) is 9.47 Å². The monoisotopic (exact) mass is 695 g/mol. The van der Waals surface area contributed by atoms with Crippen molar-refractivity contribution >= 4 is 11.9 Å². The van der Waals surface area contributed by atoms with Crippen molar-refractivity contribution in [2.75, 3.05) is 13.2 Å².